The molecule has 0 saturated heterocycles. The lowest BCUT2D eigenvalue weighted by molar-refractivity contribution is -0.389. The molecule has 1 aromatic carbocycles. The van der Waals surface area contributed by atoms with E-state index in [0.29, 0.717) is 6.92 Å². The van der Waals surface area contributed by atoms with E-state index in [4.69, 9.17) is 11.6 Å². The van der Waals surface area contributed by atoms with E-state index in [0.717, 1.165) is 12.1 Å². The molecule has 2 N–H and O–H groups in total. The van der Waals surface area contributed by atoms with Gasteiger partial charge in [0.2, 0.25) is 0 Å². The van der Waals surface area contributed by atoms with Gasteiger partial charge in [0.15, 0.2) is 0 Å². The first-order valence-corrected chi connectivity index (χ1v) is 5.99. The van der Waals surface area contributed by atoms with Crippen LogP contribution in [0.2, 0.25) is 5.02 Å². The van der Waals surface area contributed by atoms with Crippen molar-refractivity contribution in [2.75, 3.05) is 0 Å². The number of halogens is 7. The van der Waals surface area contributed by atoms with E-state index in [9.17, 15) is 36.6 Å². The summed E-state index contributed by atoms with van der Waals surface area (Å²) in [6.07, 6.45) is -14.2. The number of aliphatic hydroxyl groups is 2. The minimum absolute atomic E-state index is 0.195. The summed E-state index contributed by atoms with van der Waals surface area (Å²) in [4.78, 5) is 0. The fraction of sp³-hybridized carbons (Fsp3) is 0.500. The summed E-state index contributed by atoms with van der Waals surface area (Å²) in [5, 5.41) is 19.1. The highest BCUT2D eigenvalue weighted by Gasteiger charge is 2.73. The first-order valence-electron chi connectivity index (χ1n) is 5.61. The van der Waals surface area contributed by atoms with Crippen LogP contribution in [0.5, 0.6) is 0 Å². The number of hydrogen-bond donors (Lipinski definition) is 2. The van der Waals surface area contributed by atoms with Crippen LogP contribution in [0.3, 0.4) is 0 Å². The molecule has 1 rings (SSSR count). The van der Waals surface area contributed by atoms with Crippen molar-refractivity contribution in [2.24, 2.45) is 5.92 Å². The van der Waals surface area contributed by atoms with E-state index in [1.165, 1.54) is 12.1 Å². The fourth-order valence-corrected chi connectivity index (χ4v) is 1.98. The van der Waals surface area contributed by atoms with Gasteiger partial charge in [-0.3, -0.25) is 0 Å². The van der Waals surface area contributed by atoms with Crippen LogP contribution in [0.15, 0.2) is 24.3 Å². The van der Waals surface area contributed by atoms with E-state index in [1.807, 2.05) is 0 Å². The Morgan fingerprint density at radius 1 is 0.952 bits per heavy atom. The van der Waals surface area contributed by atoms with Crippen molar-refractivity contribution in [2.45, 2.75) is 31.0 Å². The lowest BCUT2D eigenvalue weighted by Crippen LogP contribution is -2.62. The van der Waals surface area contributed by atoms with Gasteiger partial charge >= 0.3 is 12.4 Å². The Morgan fingerprint density at radius 3 is 1.67 bits per heavy atom. The van der Waals surface area contributed by atoms with E-state index < -0.39 is 30.0 Å². The molecule has 0 heterocycles. The van der Waals surface area contributed by atoms with Gasteiger partial charge in [-0.05, 0) is 17.7 Å². The third-order valence-corrected chi connectivity index (χ3v) is 3.46. The number of hydrogen-bond acceptors (Lipinski definition) is 2. The first-order chi connectivity index (χ1) is 9.32. The summed E-state index contributed by atoms with van der Waals surface area (Å²) in [7, 11) is 0. The maximum atomic E-state index is 12.7. The van der Waals surface area contributed by atoms with Crippen molar-refractivity contribution in [1.82, 2.24) is 0 Å². The Labute approximate surface area is 121 Å². The molecule has 0 radical (unpaired) electrons. The molecule has 0 spiro atoms. The van der Waals surface area contributed by atoms with Crippen LogP contribution in [0.25, 0.3) is 0 Å². The van der Waals surface area contributed by atoms with Crippen LogP contribution in [-0.4, -0.2) is 28.2 Å². The zero-order valence-corrected chi connectivity index (χ0v) is 11.3. The largest absolute Gasteiger partial charge is 0.426 e. The predicted molar refractivity (Wildman–Crippen MR) is 62.6 cm³/mol. The molecule has 1 aromatic rings. The third-order valence-electron chi connectivity index (χ3n) is 3.21. The van der Waals surface area contributed by atoms with Gasteiger partial charge in [-0.25, -0.2) is 0 Å². The van der Waals surface area contributed by atoms with Gasteiger partial charge < -0.3 is 10.2 Å². The van der Waals surface area contributed by atoms with Crippen molar-refractivity contribution < 1.29 is 36.6 Å². The highest BCUT2D eigenvalue weighted by atomic mass is 35.5. The molecule has 0 unspecified atom stereocenters. The second kappa shape index (κ2) is 5.66. The fourth-order valence-electron chi connectivity index (χ4n) is 1.85. The van der Waals surface area contributed by atoms with Gasteiger partial charge in [-0.1, -0.05) is 30.7 Å². The summed E-state index contributed by atoms with van der Waals surface area (Å²) in [5.41, 5.74) is -5.25. The summed E-state index contributed by atoms with van der Waals surface area (Å²) in [6, 6.07) is 4.56. The maximum absolute atomic E-state index is 12.7. The highest BCUT2D eigenvalue weighted by Crippen LogP contribution is 2.50. The molecule has 0 saturated carbocycles. The molecule has 2 atom stereocenters. The standard InChI is InChI=1S/C12H11ClF6O2/c1-6(9(20)7-2-4-8(13)5-3-7)10(21,11(14,15)16)12(17,18)19/h2-6,9,20-21H,1H3/t6-,9-/m1/s1. The molecule has 9 heteroatoms. The first kappa shape index (κ1) is 18.1. The number of alkyl halides is 6. The molecule has 0 aliphatic rings. The van der Waals surface area contributed by atoms with E-state index in [1.54, 1.807) is 0 Å². The smallest absolute Gasteiger partial charge is 0.388 e. The highest BCUT2D eigenvalue weighted by molar-refractivity contribution is 6.30. The van der Waals surface area contributed by atoms with Crippen molar-refractivity contribution in [3.63, 3.8) is 0 Å². The monoisotopic (exact) mass is 336 g/mol. The minimum Gasteiger partial charge on any atom is -0.388 e. The van der Waals surface area contributed by atoms with Crippen molar-refractivity contribution in [3.05, 3.63) is 34.9 Å². The Kier molecular flexibility index (Phi) is 4.87. The number of aliphatic hydroxyl groups excluding tert-OH is 1. The van der Waals surface area contributed by atoms with Gasteiger partial charge in [-0.2, -0.15) is 26.3 Å². The average Bonchev–Trinajstić information content (AvgIpc) is 2.34. The number of benzene rings is 1. The quantitative estimate of drug-likeness (QED) is 0.823. The Morgan fingerprint density at radius 2 is 1.33 bits per heavy atom. The third kappa shape index (κ3) is 3.27. The topological polar surface area (TPSA) is 40.5 Å². The minimum atomic E-state index is -5.99. The van der Waals surface area contributed by atoms with Crippen molar-refractivity contribution in [3.8, 4) is 0 Å². The molecule has 0 bridgehead atoms. The van der Waals surface area contributed by atoms with Gasteiger partial charge in [0.1, 0.15) is 0 Å². The van der Waals surface area contributed by atoms with Crippen LogP contribution < -0.4 is 0 Å². The summed E-state index contributed by atoms with van der Waals surface area (Å²) in [5.74, 6) is -2.57. The molecular formula is C12H11ClF6O2. The van der Waals surface area contributed by atoms with Crippen LogP contribution in [0, 0.1) is 5.92 Å². The van der Waals surface area contributed by atoms with Gasteiger partial charge in [-0.15, -0.1) is 0 Å². The van der Waals surface area contributed by atoms with E-state index in [-0.39, 0.29) is 10.6 Å². The molecule has 0 fully saturated rings. The number of rotatable bonds is 3. The summed E-state index contributed by atoms with van der Waals surface area (Å²) >= 11 is 5.54. The molecule has 0 amide bonds. The summed E-state index contributed by atoms with van der Waals surface area (Å²) in [6.45, 7) is 0.472. The molecular weight excluding hydrogens is 326 g/mol. The molecule has 21 heavy (non-hydrogen) atoms. The molecule has 120 valence electrons. The summed E-state index contributed by atoms with van der Waals surface area (Å²) < 4.78 is 76.1. The molecule has 0 aliphatic carbocycles. The van der Waals surface area contributed by atoms with E-state index in [2.05, 4.69) is 0 Å². The van der Waals surface area contributed by atoms with Crippen LogP contribution >= 0.6 is 11.6 Å². The zero-order valence-electron chi connectivity index (χ0n) is 10.5. The van der Waals surface area contributed by atoms with Crippen molar-refractivity contribution in [1.29, 1.82) is 0 Å². The molecule has 0 aromatic heterocycles. The zero-order chi connectivity index (χ0) is 16.6. The predicted octanol–water partition coefficient (Wildman–Crippen LogP) is 3.87. The Bertz CT molecular complexity index is 468. The van der Waals surface area contributed by atoms with E-state index >= 15 is 0 Å². The lowest BCUT2D eigenvalue weighted by atomic mass is 9.81. The van der Waals surface area contributed by atoms with Gasteiger partial charge in [0.05, 0.1) is 6.10 Å². The maximum Gasteiger partial charge on any atom is 0.426 e. The molecule has 0 aliphatic heterocycles. The van der Waals surface area contributed by atoms with Crippen LogP contribution in [0.4, 0.5) is 26.3 Å². The second-order valence-corrected chi connectivity index (χ2v) is 4.98. The van der Waals surface area contributed by atoms with Crippen molar-refractivity contribution >= 4 is 11.6 Å². The van der Waals surface area contributed by atoms with Crippen LogP contribution in [0.1, 0.15) is 18.6 Å². The Balaban J connectivity index is 3.24. The average molecular weight is 337 g/mol. The lowest BCUT2D eigenvalue weighted by Gasteiger charge is -2.39. The SMILES string of the molecule is C[C@H]([C@@H](O)c1ccc(Cl)cc1)C(O)(C(F)(F)F)C(F)(F)F. The van der Waals surface area contributed by atoms with Gasteiger partial charge in [0, 0.05) is 10.9 Å². The van der Waals surface area contributed by atoms with Gasteiger partial charge in [0.25, 0.3) is 5.60 Å². The normalized spacial score (nSPS) is 16.7. The second-order valence-electron chi connectivity index (χ2n) is 4.55. The molecule has 2 nitrogen and oxygen atoms in total. The van der Waals surface area contributed by atoms with Crippen LogP contribution in [-0.2, 0) is 0 Å². The Hall–Kier alpha value is -0.990.